The number of nitrogens with zero attached hydrogens (tertiary/aromatic N) is 2. The molecular weight excluding hydrogens is 706 g/mol. The summed E-state index contributed by atoms with van der Waals surface area (Å²) in [6.07, 6.45) is 0.255. The number of hydrogen-bond donors (Lipinski definition) is 1. The van der Waals surface area contributed by atoms with Crippen molar-refractivity contribution in [3.8, 4) is 0 Å². The highest BCUT2D eigenvalue weighted by atomic mass is 79.9. The molecular formula is C34H35Br2N3O4S. The predicted molar refractivity (Wildman–Crippen MR) is 182 cm³/mol. The molecule has 0 saturated heterocycles. The van der Waals surface area contributed by atoms with Crippen LogP contribution in [-0.4, -0.2) is 43.8 Å². The third kappa shape index (κ3) is 8.80. The number of amides is 2. The Hall–Kier alpha value is -3.47. The van der Waals surface area contributed by atoms with Crippen LogP contribution in [0.2, 0.25) is 0 Å². The average Bonchev–Trinajstić information content (AvgIpc) is 2.99. The smallest absolute Gasteiger partial charge is 0.264 e. The van der Waals surface area contributed by atoms with Gasteiger partial charge in [0.05, 0.1) is 10.6 Å². The topological polar surface area (TPSA) is 86.8 Å². The molecule has 0 aliphatic heterocycles. The van der Waals surface area contributed by atoms with E-state index in [1.165, 1.54) is 17.0 Å². The van der Waals surface area contributed by atoms with E-state index in [4.69, 9.17) is 0 Å². The minimum atomic E-state index is -4.15. The molecule has 1 N–H and O–H groups in total. The second-order valence-corrected chi connectivity index (χ2v) is 14.5. The molecule has 0 aliphatic rings. The zero-order valence-electron chi connectivity index (χ0n) is 24.8. The van der Waals surface area contributed by atoms with Gasteiger partial charge in [-0.3, -0.25) is 13.9 Å². The van der Waals surface area contributed by atoms with E-state index in [0.29, 0.717) is 5.69 Å². The standard InChI is InChI=1S/C34H35Br2N3O4S/c1-24(2)37-34(41)32(21-26-7-5-4-6-8-26)38(22-27-11-13-28(35)14-12-27)33(40)23-39(30-17-15-29(36)16-18-30)44(42,43)31-19-9-25(3)10-20-31/h4-20,24,32H,21-23H2,1-3H3,(H,37,41)/t32-/m0/s1. The quantitative estimate of drug-likeness (QED) is 0.172. The maximum Gasteiger partial charge on any atom is 0.264 e. The SMILES string of the molecule is Cc1ccc(S(=O)(=O)N(CC(=O)N(Cc2ccc(Br)cc2)[C@@H](Cc2ccccc2)C(=O)NC(C)C)c2ccc(Br)cc2)cc1. The minimum Gasteiger partial charge on any atom is -0.352 e. The second kappa shape index (κ2) is 15.0. The van der Waals surface area contributed by atoms with Crippen LogP contribution in [0.3, 0.4) is 0 Å². The number of aryl methyl sites for hydroxylation is 1. The number of benzene rings is 4. The van der Waals surface area contributed by atoms with Crippen molar-refractivity contribution in [1.82, 2.24) is 10.2 Å². The Labute approximate surface area is 276 Å². The van der Waals surface area contributed by atoms with Crippen molar-refractivity contribution in [3.63, 3.8) is 0 Å². The first-order valence-corrected chi connectivity index (χ1v) is 17.2. The maximum absolute atomic E-state index is 14.4. The molecule has 0 aliphatic carbocycles. The normalized spacial score (nSPS) is 12.0. The molecule has 1 atom stereocenters. The van der Waals surface area contributed by atoms with Crippen molar-refractivity contribution in [1.29, 1.82) is 0 Å². The van der Waals surface area contributed by atoms with E-state index in [9.17, 15) is 18.0 Å². The fraction of sp³-hybridized carbons (Fsp3) is 0.235. The Morgan fingerprint density at radius 1 is 0.773 bits per heavy atom. The van der Waals surface area contributed by atoms with Crippen molar-refractivity contribution >= 4 is 59.4 Å². The van der Waals surface area contributed by atoms with Gasteiger partial charge in [-0.2, -0.15) is 0 Å². The van der Waals surface area contributed by atoms with Gasteiger partial charge in [0.15, 0.2) is 0 Å². The van der Waals surface area contributed by atoms with Crippen molar-refractivity contribution in [3.05, 3.63) is 129 Å². The molecule has 0 heterocycles. The van der Waals surface area contributed by atoms with Crippen LogP contribution in [0.4, 0.5) is 5.69 Å². The van der Waals surface area contributed by atoms with Gasteiger partial charge in [-0.05, 0) is 80.4 Å². The third-order valence-corrected chi connectivity index (χ3v) is 9.82. The minimum absolute atomic E-state index is 0.0664. The summed E-state index contributed by atoms with van der Waals surface area (Å²) >= 11 is 6.86. The highest BCUT2D eigenvalue weighted by Crippen LogP contribution is 2.27. The summed E-state index contributed by atoms with van der Waals surface area (Å²) in [6, 6.07) is 29.2. The number of carbonyl (C=O) groups is 2. The van der Waals surface area contributed by atoms with Crippen LogP contribution in [0.5, 0.6) is 0 Å². The summed E-state index contributed by atoms with van der Waals surface area (Å²) in [5.41, 5.74) is 2.92. The van der Waals surface area contributed by atoms with Crippen LogP contribution in [0.15, 0.2) is 117 Å². The lowest BCUT2D eigenvalue weighted by Gasteiger charge is -2.34. The van der Waals surface area contributed by atoms with Crippen LogP contribution >= 0.6 is 31.9 Å². The molecule has 0 saturated carbocycles. The van der Waals surface area contributed by atoms with Gasteiger partial charge in [-0.25, -0.2) is 8.42 Å². The van der Waals surface area contributed by atoms with Gasteiger partial charge in [0.25, 0.3) is 10.0 Å². The zero-order chi connectivity index (χ0) is 31.9. The summed E-state index contributed by atoms with van der Waals surface area (Å²) in [4.78, 5) is 29.7. The molecule has 2 amide bonds. The van der Waals surface area contributed by atoms with E-state index in [2.05, 4.69) is 37.2 Å². The first kappa shape index (κ1) is 33.4. The van der Waals surface area contributed by atoms with Crippen LogP contribution in [0.1, 0.15) is 30.5 Å². The molecule has 0 radical (unpaired) electrons. The third-order valence-electron chi connectivity index (χ3n) is 6.97. The Balaban J connectivity index is 1.79. The van der Waals surface area contributed by atoms with E-state index in [1.807, 2.05) is 75.4 Å². The molecule has 0 fully saturated rings. The molecule has 7 nitrogen and oxygen atoms in total. The number of carbonyl (C=O) groups excluding carboxylic acids is 2. The molecule has 0 spiro atoms. The van der Waals surface area contributed by atoms with Crippen molar-refractivity contribution < 1.29 is 18.0 Å². The number of halogens is 2. The first-order valence-electron chi connectivity index (χ1n) is 14.2. The van der Waals surface area contributed by atoms with Crippen molar-refractivity contribution in [2.75, 3.05) is 10.8 Å². The lowest BCUT2D eigenvalue weighted by Crippen LogP contribution is -2.54. The molecule has 0 unspecified atom stereocenters. The number of rotatable bonds is 12. The van der Waals surface area contributed by atoms with E-state index in [1.54, 1.807) is 36.4 Å². The Morgan fingerprint density at radius 2 is 1.34 bits per heavy atom. The summed E-state index contributed by atoms with van der Waals surface area (Å²) in [5.74, 6) is -0.822. The van der Waals surface area contributed by atoms with Gasteiger partial charge in [0.1, 0.15) is 12.6 Å². The van der Waals surface area contributed by atoms with Crippen molar-refractivity contribution in [2.45, 2.75) is 50.7 Å². The molecule has 4 aromatic carbocycles. The first-order chi connectivity index (χ1) is 20.9. The van der Waals surface area contributed by atoms with E-state index >= 15 is 0 Å². The molecule has 0 aromatic heterocycles. The largest absolute Gasteiger partial charge is 0.352 e. The average molecular weight is 742 g/mol. The summed E-state index contributed by atoms with van der Waals surface area (Å²) in [5, 5.41) is 2.97. The molecule has 44 heavy (non-hydrogen) atoms. The number of hydrogen-bond acceptors (Lipinski definition) is 4. The fourth-order valence-electron chi connectivity index (χ4n) is 4.69. The molecule has 10 heteroatoms. The van der Waals surface area contributed by atoms with Gasteiger partial charge in [-0.15, -0.1) is 0 Å². The Morgan fingerprint density at radius 3 is 1.91 bits per heavy atom. The highest BCUT2D eigenvalue weighted by Gasteiger charge is 2.34. The van der Waals surface area contributed by atoms with Crippen LogP contribution in [-0.2, 0) is 32.6 Å². The number of anilines is 1. The predicted octanol–water partition coefficient (Wildman–Crippen LogP) is 6.88. The lowest BCUT2D eigenvalue weighted by molar-refractivity contribution is -0.140. The van der Waals surface area contributed by atoms with E-state index < -0.39 is 28.5 Å². The number of sulfonamides is 1. The fourth-order valence-corrected chi connectivity index (χ4v) is 6.64. The monoisotopic (exact) mass is 739 g/mol. The second-order valence-electron chi connectivity index (χ2n) is 10.8. The van der Waals surface area contributed by atoms with Crippen LogP contribution < -0.4 is 9.62 Å². The number of nitrogens with one attached hydrogen (secondary N) is 1. The van der Waals surface area contributed by atoms with Gasteiger partial charge in [0, 0.05) is 28.0 Å². The highest BCUT2D eigenvalue weighted by molar-refractivity contribution is 9.10. The Kier molecular flexibility index (Phi) is 11.4. The van der Waals surface area contributed by atoms with Crippen molar-refractivity contribution in [2.24, 2.45) is 0 Å². The van der Waals surface area contributed by atoms with Crippen LogP contribution in [0.25, 0.3) is 0 Å². The van der Waals surface area contributed by atoms with Gasteiger partial charge in [0.2, 0.25) is 11.8 Å². The van der Waals surface area contributed by atoms with Crippen LogP contribution in [0, 0.1) is 6.92 Å². The Bertz CT molecular complexity index is 1660. The van der Waals surface area contributed by atoms with Gasteiger partial charge >= 0.3 is 0 Å². The molecule has 0 bridgehead atoms. The molecule has 4 rings (SSSR count). The summed E-state index contributed by atoms with van der Waals surface area (Å²) in [6.45, 7) is 5.20. The molecule has 230 valence electrons. The zero-order valence-corrected chi connectivity index (χ0v) is 28.8. The van der Waals surface area contributed by atoms with E-state index in [-0.39, 0.29) is 29.8 Å². The van der Waals surface area contributed by atoms with Gasteiger partial charge in [-0.1, -0.05) is 92.0 Å². The lowest BCUT2D eigenvalue weighted by atomic mass is 10.0. The maximum atomic E-state index is 14.4. The molecule has 4 aromatic rings. The summed E-state index contributed by atoms with van der Waals surface area (Å²) < 4.78 is 30.9. The van der Waals surface area contributed by atoms with Gasteiger partial charge < -0.3 is 10.2 Å². The van der Waals surface area contributed by atoms with E-state index in [0.717, 1.165) is 29.9 Å². The summed E-state index contributed by atoms with van der Waals surface area (Å²) in [7, 11) is -4.15.